The molecule has 1 aliphatic heterocycles. The number of benzene rings is 2. The van der Waals surface area contributed by atoms with Gasteiger partial charge in [0.15, 0.2) is 11.5 Å². The topological polar surface area (TPSA) is 85.6 Å². The molecule has 2 aromatic carbocycles. The number of halogens is 1. The Morgan fingerprint density at radius 2 is 1.85 bits per heavy atom. The third-order valence-corrected chi connectivity index (χ3v) is 4.76. The summed E-state index contributed by atoms with van der Waals surface area (Å²) in [5, 5.41) is 6.47. The quantitative estimate of drug-likeness (QED) is 0.706. The van der Waals surface area contributed by atoms with Crippen LogP contribution in [0.3, 0.4) is 0 Å². The summed E-state index contributed by atoms with van der Waals surface area (Å²) in [6.45, 7) is 3.47. The molecule has 0 aliphatic carbocycles. The lowest BCUT2D eigenvalue weighted by molar-refractivity contribution is 0.171. The van der Waals surface area contributed by atoms with Crippen LogP contribution >= 0.6 is 11.6 Å². The van der Waals surface area contributed by atoms with Crippen molar-refractivity contribution in [1.29, 1.82) is 0 Å². The molecule has 2 unspecified atom stereocenters. The average molecular weight is 390 g/mol. The molecule has 6 nitrogen and oxygen atoms in total. The molecule has 0 bridgehead atoms. The molecule has 1 heterocycles. The molecule has 0 fully saturated rings. The van der Waals surface area contributed by atoms with Crippen LogP contribution in [0.25, 0.3) is 0 Å². The number of fused-ring (bicyclic) bond motifs is 1. The lowest BCUT2D eigenvalue weighted by Crippen LogP contribution is -2.46. The number of urea groups is 1. The Morgan fingerprint density at radius 1 is 1.15 bits per heavy atom. The van der Waals surface area contributed by atoms with Crippen molar-refractivity contribution in [2.75, 3.05) is 13.2 Å². The highest BCUT2D eigenvalue weighted by Gasteiger charge is 2.22. The van der Waals surface area contributed by atoms with Crippen molar-refractivity contribution in [3.05, 3.63) is 58.6 Å². The Morgan fingerprint density at radius 3 is 2.56 bits per heavy atom. The van der Waals surface area contributed by atoms with Crippen LogP contribution in [-0.2, 0) is 6.54 Å². The molecule has 144 valence electrons. The van der Waals surface area contributed by atoms with Gasteiger partial charge in [-0.25, -0.2) is 4.79 Å². The summed E-state index contributed by atoms with van der Waals surface area (Å²) < 4.78 is 11.2. The van der Waals surface area contributed by atoms with Crippen LogP contribution in [0.5, 0.6) is 11.5 Å². The van der Waals surface area contributed by atoms with Gasteiger partial charge in [-0.05, 0) is 41.8 Å². The first kappa shape index (κ1) is 19.3. The van der Waals surface area contributed by atoms with Crippen LogP contribution in [0.2, 0.25) is 5.02 Å². The van der Waals surface area contributed by atoms with E-state index >= 15 is 0 Å². The average Bonchev–Trinajstić information content (AvgIpc) is 2.70. The predicted molar refractivity (Wildman–Crippen MR) is 105 cm³/mol. The Hall–Kier alpha value is -2.44. The summed E-state index contributed by atoms with van der Waals surface area (Å²) in [6.07, 6.45) is 0.698. The Balaban J connectivity index is 1.58. The van der Waals surface area contributed by atoms with E-state index in [1.807, 2.05) is 37.3 Å². The van der Waals surface area contributed by atoms with Gasteiger partial charge in [-0.15, -0.1) is 0 Å². The molecule has 7 heteroatoms. The zero-order valence-electron chi connectivity index (χ0n) is 15.2. The van der Waals surface area contributed by atoms with Gasteiger partial charge in [0.25, 0.3) is 0 Å². The normalized spacial score (nSPS) is 14.9. The SMILES string of the molecule is CCC(NC(=O)NCc1ccc(Cl)cc1)C(N)c1ccc2c(c1)OCCO2. The van der Waals surface area contributed by atoms with E-state index < -0.39 is 0 Å². The molecular weight excluding hydrogens is 366 g/mol. The van der Waals surface area contributed by atoms with E-state index in [4.69, 9.17) is 26.8 Å². The second-order valence-electron chi connectivity index (χ2n) is 6.40. The van der Waals surface area contributed by atoms with E-state index in [2.05, 4.69) is 10.6 Å². The summed E-state index contributed by atoms with van der Waals surface area (Å²) in [5.74, 6) is 1.41. The fourth-order valence-electron chi connectivity index (χ4n) is 2.95. The maximum Gasteiger partial charge on any atom is 0.315 e. The number of hydrogen-bond donors (Lipinski definition) is 3. The van der Waals surface area contributed by atoms with Crippen molar-refractivity contribution in [2.45, 2.75) is 32.0 Å². The summed E-state index contributed by atoms with van der Waals surface area (Å²) in [4.78, 5) is 12.3. The predicted octanol–water partition coefficient (Wildman–Crippen LogP) is 3.39. The number of carbonyl (C=O) groups is 1. The lowest BCUT2D eigenvalue weighted by Gasteiger charge is -2.26. The first-order valence-electron chi connectivity index (χ1n) is 9.00. The van der Waals surface area contributed by atoms with Gasteiger partial charge in [-0.3, -0.25) is 0 Å². The van der Waals surface area contributed by atoms with Crippen molar-refractivity contribution >= 4 is 17.6 Å². The fraction of sp³-hybridized carbons (Fsp3) is 0.350. The Labute approximate surface area is 164 Å². The highest BCUT2D eigenvalue weighted by molar-refractivity contribution is 6.30. The summed E-state index contributed by atoms with van der Waals surface area (Å²) >= 11 is 5.87. The summed E-state index contributed by atoms with van der Waals surface area (Å²) in [7, 11) is 0. The van der Waals surface area contributed by atoms with Crippen LogP contribution in [-0.4, -0.2) is 25.3 Å². The molecule has 0 saturated carbocycles. The number of amides is 2. The standard InChI is InChI=1S/C20H24ClN3O3/c1-2-16(24-20(25)23-12-13-3-6-15(21)7-4-13)19(22)14-5-8-17-18(11-14)27-10-9-26-17/h3-8,11,16,19H,2,9-10,12,22H2,1H3,(H2,23,24,25). The third kappa shape index (κ3) is 5.05. The van der Waals surface area contributed by atoms with Gasteiger partial charge in [-0.1, -0.05) is 36.7 Å². The molecule has 2 amide bonds. The molecule has 4 N–H and O–H groups in total. The Bertz CT molecular complexity index is 783. The lowest BCUT2D eigenvalue weighted by atomic mass is 9.98. The molecule has 0 spiro atoms. The van der Waals surface area contributed by atoms with Crippen LogP contribution in [0.1, 0.15) is 30.5 Å². The smallest absolute Gasteiger partial charge is 0.315 e. The van der Waals surface area contributed by atoms with Gasteiger partial charge >= 0.3 is 6.03 Å². The minimum absolute atomic E-state index is 0.210. The van der Waals surface area contributed by atoms with E-state index in [0.717, 1.165) is 16.9 Å². The molecule has 3 rings (SSSR count). The van der Waals surface area contributed by atoms with Gasteiger partial charge in [0.1, 0.15) is 13.2 Å². The van der Waals surface area contributed by atoms with Gasteiger partial charge in [-0.2, -0.15) is 0 Å². The van der Waals surface area contributed by atoms with Gasteiger partial charge in [0.2, 0.25) is 0 Å². The van der Waals surface area contributed by atoms with Gasteiger partial charge in [0, 0.05) is 17.6 Å². The molecule has 0 radical (unpaired) electrons. The van der Waals surface area contributed by atoms with E-state index in [0.29, 0.717) is 37.0 Å². The van der Waals surface area contributed by atoms with E-state index in [1.54, 1.807) is 12.1 Å². The minimum Gasteiger partial charge on any atom is -0.486 e. The van der Waals surface area contributed by atoms with Crippen LogP contribution in [0, 0.1) is 0 Å². The zero-order chi connectivity index (χ0) is 19.2. The van der Waals surface area contributed by atoms with Crippen LogP contribution in [0.4, 0.5) is 4.79 Å². The minimum atomic E-state index is -0.355. The first-order valence-corrected chi connectivity index (χ1v) is 9.38. The molecule has 27 heavy (non-hydrogen) atoms. The maximum absolute atomic E-state index is 12.3. The number of hydrogen-bond acceptors (Lipinski definition) is 4. The first-order chi connectivity index (χ1) is 13.1. The van der Waals surface area contributed by atoms with Gasteiger partial charge in [0.05, 0.1) is 6.04 Å². The maximum atomic E-state index is 12.3. The van der Waals surface area contributed by atoms with E-state index in [-0.39, 0.29) is 18.1 Å². The largest absolute Gasteiger partial charge is 0.486 e. The highest BCUT2D eigenvalue weighted by atomic mass is 35.5. The number of nitrogens with two attached hydrogens (primary N) is 1. The number of nitrogens with one attached hydrogen (secondary N) is 2. The van der Waals surface area contributed by atoms with Crippen LogP contribution in [0.15, 0.2) is 42.5 Å². The highest BCUT2D eigenvalue weighted by Crippen LogP contribution is 2.33. The molecular formula is C20H24ClN3O3. The monoisotopic (exact) mass is 389 g/mol. The number of ether oxygens (including phenoxy) is 2. The second-order valence-corrected chi connectivity index (χ2v) is 6.83. The summed E-state index contributed by atoms with van der Waals surface area (Å²) in [5.41, 5.74) is 8.27. The van der Waals surface area contributed by atoms with E-state index in [9.17, 15) is 4.79 Å². The molecule has 0 saturated heterocycles. The van der Waals surface area contributed by atoms with Crippen molar-refractivity contribution in [3.63, 3.8) is 0 Å². The molecule has 1 aliphatic rings. The molecule has 2 atom stereocenters. The summed E-state index contributed by atoms with van der Waals surface area (Å²) in [6, 6.07) is 12.2. The fourth-order valence-corrected chi connectivity index (χ4v) is 3.08. The zero-order valence-corrected chi connectivity index (χ0v) is 16.0. The second kappa shape index (κ2) is 8.97. The van der Waals surface area contributed by atoms with Crippen molar-refractivity contribution in [2.24, 2.45) is 5.73 Å². The van der Waals surface area contributed by atoms with E-state index in [1.165, 1.54) is 0 Å². The van der Waals surface area contributed by atoms with Crippen LogP contribution < -0.4 is 25.8 Å². The van der Waals surface area contributed by atoms with Crippen molar-refractivity contribution in [3.8, 4) is 11.5 Å². The number of rotatable bonds is 6. The molecule has 0 aromatic heterocycles. The van der Waals surface area contributed by atoms with Crippen molar-refractivity contribution in [1.82, 2.24) is 10.6 Å². The van der Waals surface area contributed by atoms with Gasteiger partial charge < -0.3 is 25.8 Å². The Kier molecular flexibility index (Phi) is 6.42. The van der Waals surface area contributed by atoms with Crippen molar-refractivity contribution < 1.29 is 14.3 Å². The molecule has 2 aromatic rings. The number of carbonyl (C=O) groups excluding carboxylic acids is 1. The third-order valence-electron chi connectivity index (χ3n) is 4.51.